The summed E-state index contributed by atoms with van der Waals surface area (Å²) >= 11 is 0. The highest BCUT2D eigenvalue weighted by atomic mass is 16.3. The zero-order valence-electron chi connectivity index (χ0n) is 12.1. The molecule has 4 heteroatoms. The van der Waals surface area contributed by atoms with Crippen molar-refractivity contribution < 1.29 is 9.90 Å². The number of rotatable bonds is 6. The molecular weight excluding hydrogens is 252 g/mol. The van der Waals surface area contributed by atoms with Crippen LogP contribution in [0.25, 0.3) is 0 Å². The maximum absolute atomic E-state index is 11.8. The molecule has 110 valence electrons. The van der Waals surface area contributed by atoms with Gasteiger partial charge in [0.2, 0.25) is 5.91 Å². The highest BCUT2D eigenvalue weighted by Crippen LogP contribution is 2.16. The average Bonchev–Trinajstić information content (AvgIpc) is 2.86. The number of amides is 1. The van der Waals surface area contributed by atoms with E-state index in [2.05, 4.69) is 10.2 Å². The van der Waals surface area contributed by atoms with Crippen molar-refractivity contribution in [3.05, 3.63) is 29.8 Å². The Balaban J connectivity index is 1.66. The van der Waals surface area contributed by atoms with Crippen molar-refractivity contribution in [2.75, 3.05) is 31.6 Å². The fraction of sp³-hybridized carbons (Fsp3) is 0.562. The summed E-state index contributed by atoms with van der Waals surface area (Å²) in [6.45, 7) is 5.25. The molecule has 1 aromatic carbocycles. The minimum atomic E-state index is 0.0773. The molecule has 1 aliphatic heterocycles. The third-order valence-electron chi connectivity index (χ3n) is 3.81. The first kappa shape index (κ1) is 15.0. The number of nitrogens with one attached hydrogen (secondary N) is 1. The molecule has 1 aromatic rings. The second kappa shape index (κ2) is 7.41. The predicted octanol–water partition coefficient (Wildman–Crippen LogP) is 2.03. The Morgan fingerprint density at radius 1 is 1.50 bits per heavy atom. The van der Waals surface area contributed by atoms with Gasteiger partial charge in [-0.1, -0.05) is 12.1 Å². The summed E-state index contributed by atoms with van der Waals surface area (Å²) < 4.78 is 0. The van der Waals surface area contributed by atoms with E-state index < -0.39 is 0 Å². The molecule has 1 saturated heterocycles. The Morgan fingerprint density at radius 3 is 3.05 bits per heavy atom. The predicted molar refractivity (Wildman–Crippen MR) is 80.7 cm³/mol. The number of aliphatic hydroxyl groups excluding tert-OH is 1. The molecular formula is C16H24N2O2. The standard InChI is InChI=1S/C16H24N2O2/c1-13-4-2-5-15(10-13)17-16(20)6-3-8-18-9-7-14(11-18)12-19/h2,4-5,10,14,19H,3,6-9,11-12H2,1H3,(H,17,20). The first-order valence-corrected chi connectivity index (χ1v) is 7.37. The van der Waals surface area contributed by atoms with Crippen LogP contribution in [-0.4, -0.2) is 42.2 Å². The van der Waals surface area contributed by atoms with Gasteiger partial charge >= 0.3 is 0 Å². The van der Waals surface area contributed by atoms with Crippen LogP contribution in [0, 0.1) is 12.8 Å². The smallest absolute Gasteiger partial charge is 0.224 e. The van der Waals surface area contributed by atoms with Crippen LogP contribution >= 0.6 is 0 Å². The van der Waals surface area contributed by atoms with E-state index in [0.29, 0.717) is 12.3 Å². The Hall–Kier alpha value is -1.39. The lowest BCUT2D eigenvalue weighted by Crippen LogP contribution is -2.24. The van der Waals surface area contributed by atoms with Crippen LogP contribution in [0.2, 0.25) is 0 Å². The van der Waals surface area contributed by atoms with Crippen molar-refractivity contribution in [1.29, 1.82) is 0 Å². The molecule has 0 bridgehead atoms. The van der Waals surface area contributed by atoms with E-state index in [9.17, 15) is 4.79 Å². The number of likely N-dealkylation sites (tertiary alicyclic amines) is 1. The molecule has 1 atom stereocenters. The summed E-state index contributed by atoms with van der Waals surface area (Å²) in [5, 5.41) is 12.0. The van der Waals surface area contributed by atoms with Crippen molar-refractivity contribution in [2.24, 2.45) is 5.92 Å². The van der Waals surface area contributed by atoms with Crippen LogP contribution in [0.4, 0.5) is 5.69 Å². The lowest BCUT2D eigenvalue weighted by atomic mass is 10.1. The monoisotopic (exact) mass is 276 g/mol. The Labute approximate surface area is 120 Å². The summed E-state index contributed by atoms with van der Waals surface area (Å²) in [4.78, 5) is 14.2. The quantitative estimate of drug-likeness (QED) is 0.836. The van der Waals surface area contributed by atoms with Gasteiger partial charge in [0, 0.05) is 25.3 Å². The molecule has 0 aliphatic carbocycles. The number of aryl methyl sites for hydroxylation is 1. The molecule has 0 spiro atoms. The van der Waals surface area contributed by atoms with Crippen LogP contribution in [0.5, 0.6) is 0 Å². The number of anilines is 1. The first-order valence-electron chi connectivity index (χ1n) is 7.37. The Morgan fingerprint density at radius 2 is 2.35 bits per heavy atom. The summed E-state index contributed by atoms with van der Waals surface area (Å²) in [5.74, 6) is 0.504. The van der Waals surface area contributed by atoms with E-state index in [0.717, 1.165) is 43.7 Å². The van der Waals surface area contributed by atoms with Crippen LogP contribution < -0.4 is 5.32 Å². The molecule has 1 fully saturated rings. The maximum Gasteiger partial charge on any atom is 0.224 e. The van der Waals surface area contributed by atoms with Gasteiger partial charge < -0.3 is 15.3 Å². The molecule has 1 amide bonds. The van der Waals surface area contributed by atoms with E-state index >= 15 is 0 Å². The minimum Gasteiger partial charge on any atom is -0.396 e. The summed E-state index contributed by atoms with van der Waals surface area (Å²) in [5.41, 5.74) is 2.02. The molecule has 4 nitrogen and oxygen atoms in total. The normalized spacial score (nSPS) is 19.2. The van der Waals surface area contributed by atoms with Crippen molar-refractivity contribution in [3.63, 3.8) is 0 Å². The van der Waals surface area contributed by atoms with Gasteiger partial charge in [0.05, 0.1) is 0 Å². The molecule has 1 heterocycles. The van der Waals surface area contributed by atoms with Gasteiger partial charge in [-0.05, 0) is 56.5 Å². The van der Waals surface area contributed by atoms with E-state index in [1.54, 1.807) is 0 Å². The van der Waals surface area contributed by atoms with Gasteiger partial charge in [-0.15, -0.1) is 0 Å². The third-order valence-corrected chi connectivity index (χ3v) is 3.81. The SMILES string of the molecule is Cc1cccc(NC(=O)CCCN2CCC(CO)C2)c1. The fourth-order valence-corrected chi connectivity index (χ4v) is 2.67. The van der Waals surface area contributed by atoms with Crippen LogP contribution in [0.1, 0.15) is 24.8 Å². The maximum atomic E-state index is 11.8. The molecule has 0 radical (unpaired) electrons. The zero-order valence-corrected chi connectivity index (χ0v) is 12.1. The second-order valence-corrected chi connectivity index (χ2v) is 5.66. The Bertz CT molecular complexity index is 448. The average molecular weight is 276 g/mol. The number of carbonyl (C=O) groups excluding carboxylic acids is 1. The molecule has 20 heavy (non-hydrogen) atoms. The number of aliphatic hydroxyl groups is 1. The highest BCUT2D eigenvalue weighted by molar-refractivity contribution is 5.90. The van der Waals surface area contributed by atoms with Gasteiger partial charge in [0.25, 0.3) is 0 Å². The summed E-state index contributed by atoms with van der Waals surface area (Å²) in [7, 11) is 0. The van der Waals surface area contributed by atoms with E-state index in [-0.39, 0.29) is 12.5 Å². The molecule has 0 aromatic heterocycles. The second-order valence-electron chi connectivity index (χ2n) is 5.66. The van der Waals surface area contributed by atoms with Crippen molar-refractivity contribution in [3.8, 4) is 0 Å². The molecule has 2 N–H and O–H groups in total. The molecule has 2 rings (SSSR count). The highest BCUT2D eigenvalue weighted by Gasteiger charge is 2.21. The van der Waals surface area contributed by atoms with E-state index in [1.165, 1.54) is 0 Å². The van der Waals surface area contributed by atoms with Gasteiger partial charge in [-0.25, -0.2) is 0 Å². The molecule has 1 unspecified atom stereocenters. The number of benzene rings is 1. The number of hydrogen-bond donors (Lipinski definition) is 2. The Kier molecular flexibility index (Phi) is 5.56. The lowest BCUT2D eigenvalue weighted by Gasteiger charge is -2.15. The van der Waals surface area contributed by atoms with Gasteiger partial charge in [-0.3, -0.25) is 4.79 Å². The topological polar surface area (TPSA) is 52.6 Å². The number of carbonyl (C=O) groups is 1. The number of nitrogens with zero attached hydrogens (tertiary/aromatic N) is 1. The first-order chi connectivity index (χ1) is 9.67. The van der Waals surface area contributed by atoms with Crippen molar-refractivity contribution in [1.82, 2.24) is 4.90 Å². The summed E-state index contributed by atoms with van der Waals surface area (Å²) in [6, 6.07) is 7.85. The fourth-order valence-electron chi connectivity index (χ4n) is 2.67. The molecule has 1 aliphatic rings. The largest absolute Gasteiger partial charge is 0.396 e. The molecule has 0 saturated carbocycles. The zero-order chi connectivity index (χ0) is 14.4. The van der Waals surface area contributed by atoms with Gasteiger partial charge in [-0.2, -0.15) is 0 Å². The van der Waals surface area contributed by atoms with Crippen LogP contribution in [0.15, 0.2) is 24.3 Å². The summed E-state index contributed by atoms with van der Waals surface area (Å²) in [6.07, 6.45) is 2.50. The van der Waals surface area contributed by atoms with Crippen molar-refractivity contribution >= 4 is 11.6 Å². The van der Waals surface area contributed by atoms with E-state index in [1.807, 2.05) is 31.2 Å². The van der Waals surface area contributed by atoms with Gasteiger partial charge in [0.15, 0.2) is 0 Å². The lowest BCUT2D eigenvalue weighted by molar-refractivity contribution is -0.116. The van der Waals surface area contributed by atoms with Crippen molar-refractivity contribution in [2.45, 2.75) is 26.2 Å². The van der Waals surface area contributed by atoms with Crippen LogP contribution in [0.3, 0.4) is 0 Å². The third kappa shape index (κ3) is 4.62. The minimum absolute atomic E-state index is 0.0773. The van der Waals surface area contributed by atoms with Crippen LogP contribution in [-0.2, 0) is 4.79 Å². The van der Waals surface area contributed by atoms with Gasteiger partial charge in [0.1, 0.15) is 0 Å². The van der Waals surface area contributed by atoms with E-state index in [4.69, 9.17) is 5.11 Å². The number of hydrogen-bond acceptors (Lipinski definition) is 3.